The minimum absolute atomic E-state index is 0.0383. The lowest BCUT2D eigenvalue weighted by Gasteiger charge is -2.47. The lowest BCUT2D eigenvalue weighted by atomic mass is 9.67. The number of hydrogen-bond acceptors (Lipinski definition) is 4. The molecule has 2 aromatic carbocycles. The Bertz CT molecular complexity index is 804. The van der Waals surface area contributed by atoms with Crippen molar-refractivity contribution in [3.63, 3.8) is 0 Å². The van der Waals surface area contributed by atoms with E-state index in [4.69, 9.17) is 14.2 Å². The van der Waals surface area contributed by atoms with Gasteiger partial charge in [-0.05, 0) is 41.8 Å². The van der Waals surface area contributed by atoms with E-state index in [0.717, 1.165) is 29.9 Å². The van der Waals surface area contributed by atoms with Crippen LogP contribution in [0.2, 0.25) is 0 Å². The Morgan fingerprint density at radius 3 is 2.70 bits per heavy atom. The van der Waals surface area contributed by atoms with Crippen LogP contribution in [0.25, 0.3) is 11.1 Å². The van der Waals surface area contributed by atoms with Gasteiger partial charge in [-0.2, -0.15) is 0 Å². The average Bonchev–Trinajstić information content (AvgIpc) is 3.14. The maximum atomic E-state index is 12.7. The highest BCUT2D eigenvalue weighted by atomic mass is 16.5. The third-order valence-electron chi connectivity index (χ3n) is 5.74. The number of nitrogens with one attached hydrogen (secondary N) is 1. The van der Waals surface area contributed by atoms with E-state index in [-0.39, 0.29) is 24.0 Å². The molecular weight excluding hydrogens is 342 g/mol. The van der Waals surface area contributed by atoms with Crippen LogP contribution in [-0.2, 0) is 9.47 Å². The summed E-state index contributed by atoms with van der Waals surface area (Å²) in [5.41, 5.74) is 2.78. The molecule has 5 nitrogen and oxygen atoms in total. The first-order chi connectivity index (χ1) is 13.2. The molecule has 5 heteroatoms. The first-order valence-electron chi connectivity index (χ1n) is 9.37. The lowest BCUT2D eigenvalue weighted by molar-refractivity contribution is -0.0809. The first kappa shape index (κ1) is 18.0. The first-order valence-corrected chi connectivity index (χ1v) is 9.37. The van der Waals surface area contributed by atoms with Crippen molar-refractivity contribution in [3.8, 4) is 16.9 Å². The number of carbonyl (C=O) groups excluding carboxylic acids is 1. The molecule has 0 spiro atoms. The van der Waals surface area contributed by atoms with Gasteiger partial charge in [0.15, 0.2) is 0 Å². The van der Waals surface area contributed by atoms with Gasteiger partial charge in [-0.1, -0.05) is 24.3 Å². The van der Waals surface area contributed by atoms with Crippen LogP contribution in [0.1, 0.15) is 16.8 Å². The van der Waals surface area contributed by atoms with E-state index in [1.807, 2.05) is 48.5 Å². The summed E-state index contributed by atoms with van der Waals surface area (Å²) in [5, 5.41) is 3.20. The van der Waals surface area contributed by atoms with Crippen molar-refractivity contribution in [2.45, 2.75) is 18.6 Å². The Labute approximate surface area is 159 Å². The topological polar surface area (TPSA) is 56.8 Å². The van der Waals surface area contributed by atoms with Gasteiger partial charge in [-0.25, -0.2) is 0 Å². The zero-order valence-corrected chi connectivity index (χ0v) is 15.7. The molecular formula is C22H25NO4. The predicted octanol–water partition coefficient (Wildman–Crippen LogP) is 3.14. The number of ether oxygens (including phenoxy) is 3. The SMILES string of the molecule is COC[C@H]1[C@@H](NC(=O)c2ccc(-c3cccc(OC)c3)cc2)[C@@H]2CCO[C@@H]21. The number of hydrogen-bond donors (Lipinski definition) is 1. The number of fused-ring (bicyclic) bond motifs is 1. The quantitative estimate of drug-likeness (QED) is 0.852. The van der Waals surface area contributed by atoms with E-state index in [0.29, 0.717) is 18.1 Å². The average molecular weight is 367 g/mol. The van der Waals surface area contributed by atoms with Gasteiger partial charge in [-0.15, -0.1) is 0 Å². The van der Waals surface area contributed by atoms with E-state index in [9.17, 15) is 4.79 Å². The fourth-order valence-electron chi connectivity index (χ4n) is 4.29. The van der Waals surface area contributed by atoms with E-state index in [1.165, 1.54) is 0 Å². The molecule has 1 heterocycles. The third kappa shape index (κ3) is 3.45. The molecule has 1 saturated carbocycles. The maximum Gasteiger partial charge on any atom is 0.251 e. The number of benzene rings is 2. The van der Waals surface area contributed by atoms with Crippen molar-refractivity contribution >= 4 is 5.91 Å². The number of rotatable bonds is 6. The monoisotopic (exact) mass is 367 g/mol. The maximum absolute atomic E-state index is 12.7. The van der Waals surface area contributed by atoms with Gasteiger partial charge < -0.3 is 19.5 Å². The van der Waals surface area contributed by atoms with Crippen molar-refractivity contribution < 1.29 is 19.0 Å². The number of amides is 1. The molecule has 2 fully saturated rings. The summed E-state index contributed by atoms with van der Waals surface area (Å²) in [6.07, 6.45) is 1.23. The van der Waals surface area contributed by atoms with Crippen LogP contribution >= 0.6 is 0 Å². The summed E-state index contributed by atoms with van der Waals surface area (Å²) in [5.74, 6) is 1.42. The van der Waals surface area contributed by atoms with Gasteiger partial charge in [0, 0.05) is 37.2 Å². The zero-order chi connectivity index (χ0) is 18.8. The molecule has 2 aromatic rings. The highest BCUT2D eigenvalue weighted by Crippen LogP contribution is 2.43. The van der Waals surface area contributed by atoms with Gasteiger partial charge in [0.1, 0.15) is 5.75 Å². The zero-order valence-electron chi connectivity index (χ0n) is 15.7. The molecule has 142 valence electrons. The smallest absolute Gasteiger partial charge is 0.251 e. The van der Waals surface area contributed by atoms with Gasteiger partial charge in [0.2, 0.25) is 0 Å². The van der Waals surface area contributed by atoms with Crippen LogP contribution < -0.4 is 10.1 Å². The standard InChI is InChI=1S/C22H25NO4/c1-25-13-19-20(18-10-11-27-21(18)19)23-22(24)15-8-6-14(7-9-15)16-4-3-5-17(12-16)26-2/h3-9,12,18-21H,10-11,13H2,1-2H3,(H,23,24)/t18-,19-,20-,21-/m0/s1. The molecule has 1 saturated heterocycles. The molecule has 1 amide bonds. The van der Waals surface area contributed by atoms with Gasteiger partial charge >= 0.3 is 0 Å². The summed E-state index contributed by atoms with van der Waals surface area (Å²) in [4.78, 5) is 12.7. The second-order valence-electron chi connectivity index (χ2n) is 7.22. The van der Waals surface area contributed by atoms with Crippen molar-refractivity contribution in [3.05, 3.63) is 54.1 Å². The lowest BCUT2D eigenvalue weighted by Crippen LogP contribution is -2.62. The summed E-state index contributed by atoms with van der Waals surface area (Å²) < 4.78 is 16.4. The Kier molecular flexibility index (Phi) is 5.14. The second-order valence-corrected chi connectivity index (χ2v) is 7.22. The van der Waals surface area contributed by atoms with Crippen molar-refractivity contribution in [2.24, 2.45) is 11.8 Å². The summed E-state index contributed by atoms with van der Waals surface area (Å²) in [6, 6.07) is 15.7. The van der Waals surface area contributed by atoms with Crippen LogP contribution in [0.3, 0.4) is 0 Å². The number of methoxy groups -OCH3 is 2. The van der Waals surface area contributed by atoms with Crippen LogP contribution in [-0.4, -0.2) is 45.5 Å². The summed E-state index contributed by atoms with van der Waals surface area (Å²) in [7, 11) is 3.35. The molecule has 0 radical (unpaired) electrons. The van der Waals surface area contributed by atoms with Gasteiger partial charge in [0.05, 0.1) is 19.8 Å². The molecule has 1 N–H and O–H groups in total. The fraction of sp³-hybridized carbons (Fsp3) is 0.409. The minimum atomic E-state index is -0.0383. The van der Waals surface area contributed by atoms with E-state index in [2.05, 4.69) is 5.32 Å². The van der Waals surface area contributed by atoms with Crippen molar-refractivity contribution in [2.75, 3.05) is 27.4 Å². The highest BCUT2D eigenvalue weighted by molar-refractivity contribution is 5.95. The molecule has 1 aliphatic heterocycles. The normalized spacial score (nSPS) is 26.1. The minimum Gasteiger partial charge on any atom is -0.497 e. The Hall–Kier alpha value is -2.37. The molecule has 1 aliphatic carbocycles. The Morgan fingerprint density at radius 1 is 1.15 bits per heavy atom. The second kappa shape index (κ2) is 7.71. The molecule has 4 atom stereocenters. The summed E-state index contributed by atoms with van der Waals surface area (Å²) in [6.45, 7) is 1.39. The summed E-state index contributed by atoms with van der Waals surface area (Å²) >= 11 is 0. The van der Waals surface area contributed by atoms with E-state index < -0.39 is 0 Å². The Balaban J connectivity index is 1.45. The van der Waals surface area contributed by atoms with Crippen LogP contribution in [0.15, 0.2) is 48.5 Å². The molecule has 2 aliphatic rings. The molecule has 27 heavy (non-hydrogen) atoms. The molecule has 4 rings (SSSR count). The van der Waals surface area contributed by atoms with Crippen LogP contribution in [0, 0.1) is 11.8 Å². The van der Waals surface area contributed by atoms with Crippen molar-refractivity contribution in [1.82, 2.24) is 5.32 Å². The highest BCUT2D eigenvalue weighted by Gasteiger charge is 2.54. The number of carbonyl (C=O) groups is 1. The molecule has 0 aromatic heterocycles. The predicted molar refractivity (Wildman–Crippen MR) is 103 cm³/mol. The fourth-order valence-corrected chi connectivity index (χ4v) is 4.29. The largest absolute Gasteiger partial charge is 0.497 e. The van der Waals surface area contributed by atoms with Crippen LogP contribution in [0.5, 0.6) is 5.75 Å². The van der Waals surface area contributed by atoms with E-state index in [1.54, 1.807) is 14.2 Å². The van der Waals surface area contributed by atoms with Crippen LogP contribution in [0.4, 0.5) is 0 Å². The van der Waals surface area contributed by atoms with Gasteiger partial charge in [0.25, 0.3) is 5.91 Å². The molecule has 0 bridgehead atoms. The Morgan fingerprint density at radius 2 is 1.96 bits per heavy atom. The third-order valence-corrected chi connectivity index (χ3v) is 5.74. The van der Waals surface area contributed by atoms with Gasteiger partial charge in [-0.3, -0.25) is 4.79 Å². The van der Waals surface area contributed by atoms with Crippen molar-refractivity contribution in [1.29, 1.82) is 0 Å². The van der Waals surface area contributed by atoms with E-state index >= 15 is 0 Å². The molecule has 0 unspecified atom stereocenters.